The van der Waals surface area contributed by atoms with Crippen LogP contribution in [-0.4, -0.2) is 36.0 Å². The van der Waals surface area contributed by atoms with Gasteiger partial charge in [-0.3, -0.25) is 9.36 Å². The van der Waals surface area contributed by atoms with Crippen molar-refractivity contribution in [2.75, 3.05) is 13.2 Å². The van der Waals surface area contributed by atoms with Crippen LogP contribution < -0.4 is 24.4 Å². The number of carbonyl (C=O) groups is 1. The first-order chi connectivity index (χ1) is 19.3. The summed E-state index contributed by atoms with van der Waals surface area (Å²) in [4.78, 5) is 30.3. The summed E-state index contributed by atoms with van der Waals surface area (Å²) < 4.78 is 61.2. The molecule has 0 bridgehead atoms. The van der Waals surface area contributed by atoms with Crippen molar-refractivity contribution in [3.05, 3.63) is 88.0 Å². The van der Waals surface area contributed by atoms with Crippen LogP contribution in [0.15, 0.2) is 61.9 Å². The van der Waals surface area contributed by atoms with Gasteiger partial charge in [0.1, 0.15) is 0 Å². The predicted octanol–water partition coefficient (Wildman–Crippen LogP) is 5.94. The molecule has 2 heterocycles. The van der Waals surface area contributed by atoms with Crippen LogP contribution in [0.2, 0.25) is 5.02 Å². The van der Waals surface area contributed by atoms with Gasteiger partial charge in [-0.25, -0.2) is 9.79 Å². The molecule has 13 heteroatoms. The highest BCUT2D eigenvalue weighted by molar-refractivity contribution is 9.10. The second kappa shape index (κ2) is 12.4. The van der Waals surface area contributed by atoms with Gasteiger partial charge in [-0.2, -0.15) is 13.2 Å². The molecule has 0 saturated carbocycles. The molecule has 0 aliphatic carbocycles. The summed E-state index contributed by atoms with van der Waals surface area (Å²) in [6.07, 6.45) is -3.61. The van der Waals surface area contributed by atoms with Gasteiger partial charge in [-0.15, -0.1) is 0 Å². The van der Waals surface area contributed by atoms with Gasteiger partial charge in [-0.1, -0.05) is 35.1 Å². The molecule has 2 aromatic carbocycles. The van der Waals surface area contributed by atoms with Gasteiger partial charge in [0.25, 0.3) is 5.56 Å². The molecular weight excluding hydrogens is 649 g/mol. The number of rotatable bonds is 8. The number of fused-ring (bicyclic) bond motifs is 1. The Morgan fingerprint density at radius 1 is 1.20 bits per heavy atom. The molecule has 0 unspecified atom stereocenters. The van der Waals surface area contributed by atoms with Crippen LogP contribution in [0, 0.1) is 0 Å². The normalized spacial score (nSPS) is 15.6. The fourth-order valence-electron chi connectivity index (χ4n) is 4.24. The van der Waals surface area contributed by atoms with Crippen molar-refractivity contribution in [1.29, 1.82) is 0 Å². The maximum atomic E-state index is 14.3. The molecule has 1 aliphatic heterocycles. The Labute approximate surface area is 250 Å². The number of esters is 1. The molecule has 0 fully saturated rings. The average molecular weight is 674 g/mol. The van der Waals surface area contributed by atoms with Crippen molar-refractivity contribution in [2.45, 2.75) is 46.0 Å². The summed E-state index contributed by atoms with van der Waals surface area (Å²) in [6.45, 7) is 7.21. The van der Waals surface area contributed by atoms with Crippen LogP contribution in [0.4, 0.5) is 13.2 Å². The maximum absolute atomic E-state index is 14.3. The van der Waals surface area contributed by atoms with Crippen LogP contribution in [-0.2, 0) is 9.53 Å². The smallest absolute Gasteiger partial charge is 0.434 e. The van der Waals surface area contributed by atoms with Gasteiger partial charge < -0.3 is 14.2 Å². The fraction of sp³-hybridized carbons (Fsp3) is 0.321. The first kappa shape index (κ1) is 30.9. The molecule has 0 spiro atoms. The zero-order chi connectivity index (χ0) is 30.1. The molecule has 7 nitrogen and oxygen atoms in total. The Kier molecular flexibility index (Phi) is 9.35. The minimum absolute atomic E-state index is 0.0984. The lowest BCUT2D eigenvalue weighted by Crippen LogP contribution is -2.41. The highest BCUT2D eigenvalue weighted by Gasteiger charge is 2.45. The third kappa shape index (κ3) is 6.54. The van der Waals surface area contributed by atoms with Gasteiger partial charge in [0.05, 0.1) is 39.9 Å². The molecule has 41 heavy (non-hydrogen) atoms. The van der Waals surface area contributed by atoms with Crippen molar-refractivity contribution in [2.24, 2.45) is 4.99 Å². The van der Waals surface area contributed by atoms with E-state index in [-0.39, 0.29) is 27.6 Å². The largest absolute Gasteiger partial charge is 0.490 e. The summed E-state index contributed by atoms with van der Waals surface area (Å²) in [5.41, 5.74) is -2.06. The Hall–Kier alpha value is -3.09. The molecular formula is C28H25BrClF3N2O5S. The number of hydrogen-bond acceptors (Lipinski definition) is 7. The van der Waals surface area contributed by atoms with Gasteiger partial charge in [0, 0.05) is 5.02 Å². The first-order valence-corrected chi connectivity index (χ1v) is 14.5. The molecule has 218 valence electrons. The van der Waals surface area contributed by atoms with E-state index in [0.717, 1.165) is 15.9 Å². The lowest BCUT2D eigenvalue weighted by atomic mass is 9.95. The van der Waals surface area contributed by atoms with Crippen LogP contribution in [0.1, 0.15) is 44.9 Å². The monoisotopic (exact) mass is 672 g/mol. The lowest BCUT2D eigenvalue weighted by molar-refractivity contribution is -0.140. The zero-order valence-corrected chi connectivity index (χ0v) is 25.5. The molecule has 1 aromatic heterocycles. The summed E-state index contributed by atoms with van der Waals surface area (Å²) >= 11 is 10.3. The van der Waals surface area contributed by atoms with E-state index in [4.69, 9.17) is 25.8 Å². The Morgan fingerprint density at radius 3 is 2.46 bits per heavy atom. The summed E-state index contributed by atoms with van der Waals surface area (Å²) in [5.74, 6) is -0.307. The quantitative estimate of drug-likeness (QED) is 0.277. The van der Waals surface area contributed by atoms with Gasteiger partial charge in [0.15, 0.2) is 22.0 Å². The topological polar surface area (TPSA) is 79.1 Å². The number of alkyl halides is 3. The molecule has 0 N–H and O–H groups in total. The SMILES string of the molecule is CCOC(=O)C1=C(C(F)(F)F)N=c2s/c(=C\c3cc(Br)c(OC(C)C)c(OCC)c3)c(=O)n2[C@H]1c1ccc(Cl)cc1. The van der Waals surface area contributed by atoms with E-state index in [9.17, 15) is 22.8 Å². The van der Waals surface area contributed by atoms with E-state index >= 15 is 0 Å². The predicted molar refractivity (Wildman–Crippen MR) is 153 cm³/mol. The number of aromatic nitrogens is 1. The third-order valence-electron chi connectivity index (χ3n) is 5.76. The van der Waals surface area contributed by atoms with E-state index in [1.165, 1.54) is 37.3 Å². The molecule has 0 saturated heterocycles. The first-order valence-electron chi connectivity index (χ1n) is 12.5. The van der Waals surface area contributed by atoms with Crippen LogP contribution in [0.25, 0.3) is 6.08 Å². The van der Waals surface area contributed by atoms with Gasteiger partial charge >= 0.3 is 12.1 Å². The van der Waals surface area contributed by atoms with Crippen LogP contribution in [0.5, 0.6) is 11.5 Å². The fourth-order valence-corrected chi connectivity index (χ4v) is 5.92. The van der Waals surface area contributed by atoms with E-state index in [1.54, 1.807) is 12.1 Å². The average Bonchev–Trinajstić information content (AvgIpc) is 3.20. The summed E-state index contributed by atoms with van der Waals surface area (Å²) in [7, 11) is 0. The number of ether oxygens (including phenoxy) is 3. The number of halogens is 5. The standard InChI is InChI=1S/C28H25BrClF3N2O5S/c1-5-38-19-12-15(11-18(29)23(19)40-14(3)4)13-20-25(36)35-22(16-7-9-17(30)10-8-16)21(26(37)39-6-2)24(28(31,32)33)34-27(35)41-20/h7-14,22H,5-6H2,1-4H3/b20-13-/t22-/m0/s1. The Balaban J connectivity index is 1.99. The second-order valence-electron chi connectivity index (χ2n) is 9.04. The lowest BCUT2D eigenvalue weighted by Gasteiger charge is -2.26. The van der Waals surface area contributed by atoms with Crippen molar-refractivity contribution in [3.63, 3.8) is 0 Å². The van der Waals surface area contributed by atoms with Gasteiger partial charge in [0.2, 0.25) is 0 Å². The second-order valence-corrected chi connectivity index (χ2v) is 11.3. The number of benzene rings is 2. The van der Waals surface area contributed by atoms with Crippen molar-refractivity contribution in [3.8, 4) is 11.5 Å². The number of thiazole rings is 1. The highest BCUT2D eigenvalue weighted by Crippen LogP contribution is 2.39. The maximum Gasteiger partial charge on any atom is 0.434 e. The highest BCUT2D eigenvalue weighted by atomic mass is 79.9. The number of nitrogens with zero attached hydrogens (tertiary/aromatic N) is 2. The number of carbonyl (C=O) groups excluding carboxylic acids is 1. The molecule has 0 amide bonds. The Morgan fingerprint density at radius 2 is 1.88 bits per heavy atom. The minimum Gasteiger partial charge on any atom is -0.490 e. The Bertz CT molecular complexity index is 1680. The van der Waals surface area contributed by atoms with E-state index in [1.807, 2.05) is 20.8 Å². The van der Waals surface area contributed by atoms with Crippen LogP contribution >= 0.6 is 38.9 Å². The summed E-state index contributed by atoms with van der Waals surface area (Å²) in [6, 6.07) is 7.79. The molecule has 1 aliphatic rings. The minimum atomic E-state index is -4.99. The molecule has 3 aromatic rings. The zero-order valence-electron chi connectivity index (χ0n) is 22.3. The van der Waals surface area contributed by atoms with Crippen LogP contribution in [0.3, 0.4) is 0 Å². The van der Waals surface area contributed by atoms with E-state index in [2.05, 4.69) is 20.9 Å². The third-order valence-corrected chi connectivity index (χ3v) is 7.59. The summed E-state index contributed by atoms with van der Waals surface area (Å²) in [5, 5.41) is 0.333. The number of hydrogen-bond donors (Lipinski definition) is 0. The number of allylic oxidation sites excluding steroid dienone is 1. The van der Waals surface area contributed by atoms with Gasteiger partial charge in [-0.05, 0) is 85.1 Å². The molecule has 0 radical (unpaired) electrons. The molecule has 4 rings (SSSR count). The van der Waals surface area contributed by atoms with Crippen molar-refractivity contribution >= 4 is 50.9 Å². The van der Waals surface area contributed by atoms with Crippen molar-refractivity contribution in [1.82, 2.24) is 4.57 Å². The van der Waals surface area contributed by atoms with Crippen molar-refractivity contribution < 1.29 is 32.2 Å². The van der Waals surface area contributed by atoms with E-state index in [0.29, 0.717) is 33.2 Å². The van der Waals surface area contributed by atoms with E-state index < -0.39 is 35.0 Å². The molecule has 1 atom stereocenters.